The van der Waals surface area contributed by atoms with Gasteiger partial charge in [-0.2, -0.15) is 0 Å². The Labute approximate surface area is 269 Å². The van der Waals surface area contributed by atoms with Crippen molar-refractivity contribution in [1.82, 2.24) is 0 Å². The Morgan fingerprint density at radius 1 is 0.630 bits per heavy atom. The molecule has 0 aromatic heterocycles. The third kappa shape index (κ3) is 8.09. The molecule has 12 nitrogen and oxygen atoms in total. The summed E-state index contributed by atoms with van der Waals surface area (Å²) in [5, 5.41) is 20.5. The van der Waals surface area contributed by atoms with Crippen LogP contribution in [-0.4, -0.2) is 103 Å². The fourth-order valence-electron chi connectivity index (χ4n) is 4.99. The van der Waals surface area contributed by atoms with E-state index in [4.69, 9.17) is 44.8 Å². The maximum Gasteiger partial charge on any atom is 0.338 e. The third-order valence-corrected chi connectivity index (χ3v) is 7.44. The van der Waals surface area contributed by atoms with Crippen LogP contribution in [0, 0.1) is 0 Å². The van der Waals surface area contributed by atoms with Crippen LogP contribution in [-0.2, 0) is 33.2 Å². The first kappa shape index (κ1) is 33.5. The maximum absolute atomic E-state index is 13.2. The molecule has 0 saturated carbocycles. The Balaban J connectivity index is 1.37. The number of aliphatic hydroxyl groups excluding tert-OH is 2. The van der Waals surface area contributed by atoms with E-state index in [0.29, 0.717) is 0 Å². The summed E-state index contributed by atoms with van der Waals surface area (Å²) in [5.41, 5.74) is 0.717. The van der Waals surface area contributed by atoms with Crippen molar-refractivity contribution in [2.45, 2.75) is 49.2 Å². The first-order valence-corrected chi connectivity index (χ1v) is 15.1. The molecule has 2 saturated heterocycles. The molecule has 0 aliphatic carbocycles. The second-order valence-electron chi connectivity index (χ2n) is 10.4. The van der Waals surface area contributed by atoms with Crippen LogP contribution in [0.25, 0.3) is 0 Å². The van der Waals surface area contributed by atoms with Gasteiger partial charge in [0.05, 0.1) is 36.5 Å². The van der Waals surface area contributed by atoms with E-state index in [9.17, 15) is 24.6 Å². The van der Waals surface area contributed by atoms with Gasteiger partial charge in [-0.25, -0.2) is 14.4 Å². The van der Waals surface area contributed by atoms with Crippen molar-refractivity contribution >= 4 is 29.5 Å². The zero-order chi connectivity index (χ0) is 32.5. The number of esters is 3. The Hall–Kier alpha value is -3.88. The molecule has 2 heterocycles. The van der Waals surface area contributed by atoms with Gasteiger partial charge in [0.2, 0.25) is 0 Å². The van der Waals surface area contributed by atoms with Crippen LogP contribution in [0.4, 0.5) is 0 Å². The maximum atomic E-state index is 13.2. The number of ether oxygens (including phenoxy) is 7. The summed E-state index contributed by atoms with van der Waals surface area (Å²) in [6.45, 7) is -0.919. The van der Waals surface area contributed by atoms with Crippen molar-refractivity contribution in [2.24, 2.45) is 0 Å². The van der Waals surface area contributed by atoms with Crippen LogP contribution >= 0.6 is 11.6 Å². The molecule has 2 aliphatic heterocycles. The molecule has 0 unspecified atom stereocenters. The minimum atomic E-state index is -1.42. The van der Waals surface area contributed by atoms with E-state index in [1.165, 1.54) is 0 Å². The van der Waals surface area contributed by atoms with Crippen LogP contribution in [0.2, 0.25) is 0 Å². The van der Waals surface area contributed by atoms with Crippen LogP contribution in [0.15, 0.2) is 91.0 Å². The second-order valence-corrected chi connectivity index (χ2v) is 10.7. The van der Waals surface area contributed by atoms with E-state index >= 15 is 0 Å². The van der Waals surface area contributed by atoms with Gasteiger partial charge in [-0.1, -0.05) is 54.6 Å². The summed E-state index contributed by atoms with van der Waals surface area (Å²) < 4.78 is 40.6. The molecule has 3 aromatic rings. The third-order valence-electron chi connectivity index (χ3n) is 7.28. The number of carbonyl (C=O) groups is 3. The Morgan fingerprint density at radius 2 is 1.07 bits per heavy atom. The number of aliphatic hydroxyl groups is 2. The molecule has 3 aromatic carbocycles. The lowest BCUT2D eigenvalue weighted by Crippen LogP contribution is -2.43. The highest BCUT2D eigenvalue weighted by Gasteiger charge is 2.52. The summed E-state index contributed by atoms with van der Waals surface area (Å²) in [4.78, 5) is 39.1. The topological polar surface area (TPSA) is 156 Å². The van der Waals surface area contributed by atoms with Gasteiger partial charge in [0.25, 0.3) is 0 Å². The van der Waals surface area contributed by atoms with E-state index in [1.54, 1.807) is 91.0 Å². The molecule has 2 fully saturated rings. The van der Waals surface area contributed by atoms with Crippen LogP contribution < -0.4 is 0 Å². The average Bonchev–Trinajstić information content (AvgIpc) is 3.58. The van der Waals surface area contributed by atoms with Gasteiger partial charge >= 0.3 is 17.9 Å². The molecular formula is C33H33ClO12. The zero-order valence-electron chi connectivity index (χ0n) is 24.5. The number of carbonyl (C=O) groups excluding carboxylic acids is 3. The first-order chi connectivity index (χ1) is 22.4. The van der Waals surface area contributed by atoms with Gasteiger partial charge < -0.3 is 43.4 Å². The fraction of sp³-hybridized carbons (Fsp3) is 0.364. The van der Waals surface area contributed by atoms with Gasteiger partial charge in [-0.3, -0.25) is 0 Å². The summed E-state index contributed by atoms with van der Waals surface area (Å²) >= 11 is 5.86. The Bertz CT molecular complexity index is 1430. The molecule has 46 heavy (non-hydrogen) atoms. The largest absolute Gasteiger partial charge is 0.452 e. The lowest BCUT2D eigenvalue weighted by atomic mass is 10.1. The summed E-state index contributed by atoms with van der Waals surface area (Å²) in [6.07, 6.45) is -10.0. The number of benzene rings is 3. The fourth-order valence-corrected chi connectivity index (χ4v) is 5.08. The molecule has 0 bridgehead atoms. The molecule has 13 heteroatoms. The number of hydrogen-bond acceptors (Lipinski definition) is 12. The molecule has 244 valence electrons. The van der Waals surface area contributed by atoms with Gasteiger partial charge in [-0.15, -0.1) is 11.6 Å². The van der Waals surface area contributed by atoms with Crippen molar-refractivity contribution in [3.8, 4) is 0 Å². The lowest BCUT2D eigenvalue weighted by Gasteiger charge is -2.25. The van der Waals surface area contributed by atoms with Crippen molar-refractivity contribution in [3.05, 3.63) is 108 Å². The summed E-state index contributed by atoms with van der Waals surface area (Å²) in [6, 6.07) is 24.5. The normalized spacial score (nSPS) is 27.2. The molecule has 8 atom stereocenters. The molecule has 0 spiro atoms. The van der Waals surface area contributed by atoms with Crippen molar-refractivity contribution in [1.29, 1.82) is 0 Å². The van der Waals surface area contributed by atoms with Crippen molar-refractivity contribution < 1.29 is 57.8 Å². The second kappa shape index (κ2) is 16.1. The molecule has 5 rings (SSSR count). The van der Waals surface area contributed by atoms with Crippen LogP contribution in [0.5, 0.6) is 0 Å². The van der Waals surface area contributed by atoms with E-state index in [0.717, 1.165) is 0 Å². The summed E-state index contributed by atoms with van der Waals surface area (Å²) in [5.74, 6) is -2.08. The van der Waals surface area contributed by atoms with Crippen molar-refractivity contribution in [2.75, 3.05) is 25.7 Å². The number of rotatable bonds is 13. The summed E-state index contributed by atoms with van der Waals surface area (Å²) in [7, 11) is 0. The highest BCUT2D eigenvalue weighted by Crippen LogP contribution is 2.32. The standard InChI is InChI=1S/C33H33ClO12/c34-16-17-40-33-28(46-31(39)22-14-8-3-9-15-22)26(44-29(37)20-10-4-1-5-11-20)24(43-33)19-41-32-27(25(36)23(18-35)42-32)45-30(38)21-12-6-2-7-13-21/h1-15,23-28,32-33,35-36H,16-19H2/t23-,24-,25-,26-,27+,28+,32+,33+/m1/s1. The molecule has 0 radical (unpaired) electrons. The first-order valence-electron chi connectivity index (χ1n) is 14.6. The predicted octanol–water partition coefficient (Wildman–Crippen LogP) is 2.74. The van der Waals surface area contributed by atoms with Gasteiger partial charge in [-0.05, 0) is 36.4 Å². The van der Waals surface area contributed by atoms with Crippen LogP contribution in [0.1, 0.15) is 31.1 Å². The highest BCUT2D eigenvalue weighted by molar-refractivity contribution is 6.17. The van der Waals surface area contributed by atoms with E-state index < -0.39 is 73.7 Å². The van der Waals surface area contributed by atoms with Gasteiger partial charge in [0.1, 0.15) is 18.3 Å². The number of hydrogen-bond donors (Lipinski definition) is 2. The van der Waals surface area contributed by atoms with Gasteiger partial charge in [0.15, 0.2) is 30.9 Å². The average molecular weight is 657 g/mol. The van der Waals surface area contributed by atoms with Gasteiger partial charge in [0, 0.05) is 5.88 Å². The van der Waals surface area contributed by atoms with E-state index in [-0.39, 0.29) is 35.8 Å². The molecule has 2 aliphatic rings. The lowest BCUT2D eigenvalue weighted by molar-refractivity contribution is -0.205. The van der Waals surface area contributed by atoms with Crippen molar-refractivity contribution in [3.63, 3.8) is 0 Å². The van der Waals surface area contributed by atoms with E-state index in [2.05, 4.69) is 0 Å². The smallest absolute Gasteiger partial charge is 0.338 e. The monoisotopic (exact) mass is 656 g/mol. The SMILES string of the molecule is O=C(O[C@@H]1[C@@H](OC[C@H]2O[C@H](OCCCl)[C@@H](OC(=O)c3ccccc3)[C@@H]2OC(=O)c2ccccc2)O[C@H](CO)[C@H]1O)c1ccccc1. The minimum absolute atomic E-state index is 0.0200. The number of alkyl halides is 1. The predicted molar refractivity (Wildman–Crippen MR) is 160 cm³/mol. The molecular weight excluding hydrogens is 624 g/mol. The Kier molecular flexibility index (Phi) is 11.7. The molecule has 2 N–H and O–H groups in total. The number of halogens is 1. The minimum Gasteiger partial charge on any atom is -0.452 e. The zero-order valence-corrected chi connectivity index (χ0v) is 25.2. The van der Waals surface area contributed by atoms with Crippen LogP contribution in [0.3, 0.4) is 0 Å². The highest BCUT2D eigenvalue weighted by atomic mass is 35.5. The Morgan fingerprint density at radius 3 is 1.54 bits per heavy atom. The quantitative estimate of drug-likeness (QED) is 0.158. The molecule has 0 amide bonds. The van der Waals surface area contributed by atoms with E-state index in [1.807, 2.05) is 0 Å².